The van der Waals surface area contributed by atoms with E-state index in [1.165, 1.54) is 24.5 Å². The first-order valence-electron chi connectivity index (χ1n) is 31.7. The molecule has 0 unspecified atom stereocenters. The molecule has 0 aliphatic carbocycles. The Morgan fingerprint density at radius 3 is 1.40 bits per heavy atom. The molecule has 518 valence electrons. The van der Waals surface area contributed by atoms with Crippen LogP contribution >= 0.6 is 0 Å². The molecule has 0 aromatic heterocycles. The van der Waals surface area contributed by atoms with E-state index in [1.54, 1.807) is 30.3 Å². The molecule has 1 saturated heterocycles. The van der Waals surface area contributed by atoms with Crippen molar-refractivity contribution in [1.29, 1.82) is 0 Å². The highest BCUT2D eigenvalue weighted by molar-refractivity contribution is 5.96. The smallest absolute Gasteiger partial charge is 0.245 e. The van der Waals surface area contributed by atoms with Gasteiger partial charge in [0.25, 0.3) is 0 Å². The van der Waals surface area contributed by atoms with Crippen molar-refractivity contribution in [3.05, 3.63) is 35.9 Å². The van der Waals surface area contributed by atoms with E-state index >= 15 is 0 Å². The number of nitrogens with one attached hydrogen (secondary N) is 4. The number of unbranched alkanes of at least 4 members (excludes halogenated alkanes) is 5. The van der Waals surface area contributed by atoms with Crippen molar-refractivity contribution in [3.63, 3.8) is 0 Å². The lowest BCUT2D eigenvalue weighted by molar-refractivity contribution is -0.147. The van der Waals surface area contributed by atoms with Crippen LogP contribution in [0.4, 0.5) is 0 Å². The average molecular weight is 1300 g/mol. The molecule has 34 nitrogen and oxygen atoms in total. The summed E-state index contributed by atoms with van der Waals surface area (Å²) in [5.74, 6) is -6.55. The van der Waals surface area contributed by atoms with Crippen molar-refractivity contribution >= 4 is 77.0 Å². The molecule has 0 radical (unpaired) electrons. The molecule has 1 aromatic carbocycles. The second-order valence-electron chi connectivity index (χ2n) is 22.4. The quantitative estimate of drug-likeness (QED) is 0.0164. The number of nitrogens with zero attached hydrogens (tertiary/aromatic N) is 9. The van der Waals surface area contributed by atoms with Crippen molar-refractivity contribution in [2.75, 3.05) is 111 Å². The monoisotopic (exact) mass is 1300 g/mol. The molecule has 4 atom stereocenters. The van der Waals surface area contributed by atoms with Crippen LogP contribution in [0.1, 0.15) is 115 Å². The maximum atomic E-state index is 14.8. The fourth-order valence-electron chi connectivity index (χ4n) is 9.93. The van der Waals surface area contributed by atoms with Crippen molar-refractivity contribution in [2.45, 2.75) is 140 Å². The molecule has 0 bridgehead atoms. The number of primary amides is 1. The van der Waals surface area contributed by atoms with Gasteiger partial charge in [-0.1, -0.05) is 43.2 Å². The van der Waals surface area contributed by atoms with Gasteiger partial charge in [0, 0.05) is 58.9 Å². The molecule has 2 rings (SSSR count). The molecule has 0 saturated carbocycles. The maximum Gasteiger partial charge on any atom is 0.245 e. The van der Waals surface area contributed by atoms with Gasteiger partial charge < -0.3 is 115 Å². The SMILES string of the molecule is NCCCCCCNCC(=O)N(CCCN=C(N)N)CC(=O)N(CCCN=C(N)N)CC(=O)N(CC(=O)N(CCCN=C(N)N)CC(=O)N[C@H](CCCCN)C(=O)N[C@H](CCCCN)C(=O)N[C@H](CCCN=C(N)N)C(=O)N1CCC[C@H]1C(N)=O)Cc1ccccc1. The van der Waals surface area contributed by atoms with Crippen LogP contribution in [0.2, 0.25) is 0 Å². The molecule has 28 N–H and O–H groups in total. The van der Waals surface area contributed by atoms with E-state index in [0.717, 1.165) is 25.7 Å². The fraction of sp³-hybridized carbons (Fsp3) is 0.672. The normalized spacial score (nSPS) is 13.5. The van der Waals surface area contributed by atoms with Crippen LogP contribution in [0.3, 0.4) is 0 Å². The highest BCUT2D eigenvalue weighted by atomic mass is 16.2. The molecule has 1 aliphatic rings. The summed E-state index contributed by atoms with van der Waals surface area (Å²) in [7, 11) is 0. The predicted octanol–water partition coefficient (Wildman–Crippen LogP) is -6.16. The number of guanidine groups is 4. The summed E-state index contributed by atoms with van der Waals surface area (Å²) in [5.41, 5.74) is 68.2. The lowest BCUT2D eigenvalue weighted by Crippen LogP contribution is -2.58. The van der Waals surface area contributed by atoms with Crippen molar-refractivity contribution in [2.24, 2.45) is 88.8 Å². The van der Waals surface area contributed by atoms with Crippen LogP contribution in [0.15, 0.2) is 50.3 Å². The van der Waals surface area contributed by atoms with Gasteiger partial charge in [0.1, 0.15) is 30.7 Å². The summed E-state index contributed by atoms with van der Waals surface area (Å²) in [6, 6.07) is 4.19. The van der Waals surface area contributed by atoms with E-state index in [4.69, 9.17) is 68.8 Å². The minimum atomic E-state index is -1.28. The van der Waals surface area contributed by atoms with Gasteiger partial charge in [0.05, 0.1) is 26.2 Å². The van der Waals surface area contributed by atoms with Gasteiger partial charge in [-0.2, -0.15) is 0 Å². The van der Waals surface area contributed by atoms with Crippen LogP contribution in [0.25, 0.3) is 0 Å². The zero-order valence-corrected chi connectivity index (χ0v) is 53.6. The topological polar surface area (TPSA) is 580 Å². The average Bonchev–Trinajstić information content (AvgIpc) is 1.75. The highest BCUT2D eigenvalue weighted by Crippen LogP contribution is 2.20. The third-order valence-corrected chi connectivity index (χ3v) is 14.8. The van der Waals surface area contributed by atoms with E-state index in [2.05, 4.69) is 41.2 Å². The Labute approximate surface area is 540 Å². The van der Waals surface area contributed by atoms with Gasteiger partial charge in [0.15, 0.2) is 23.8 Å². The minimum absolute atomic E-state index is 0.0404. The molecule has 1 fully saturated rings. The molecular weight excluding hydrogens is 1190 g/mol. The van der Waals surface area contributed by atoms with Gasteiger partial charge in [-0.05, 0) is 128 Å². The van der Waals surface area contributed by atoms with Crippen molar-refractivity contribution in [1.82, 2.24) is 45.8 Å². The Morgan fingerprint density at radius 2 is 0.902 bits per heavy atom. The van der Waals surface area contributed by atoms with E-state index in [-0.39, 0.29) is 147 Å². The van der Waals surface area contributed by atoms with Gasteiger partial charge in [-0.25, -0.2) is 0 Å². The van der Waals surface area contributed by atoms with E-state index in [1.807, 2.05) is 0 Å². The molecule has 1 heterocycles. The second-order valence-corrected chi connectivity index (χ2v) is 22.4. The third-order valence-electron chi connectivity index (χ3n) is 14.8. The Bertz CT molecular complexity index is 2540. The van der Waals surface area contributed by atoms with Gasteiger partial charge in [-0.3, -0.25) is 63.1 Å². The standard InChI is InChI=1S/C58H107N25O9/c59-23-8-1-2-11-26-71-35-47(85)80(32-15-29-74-57(67)68)38-48(86)81(33-16-30-75-58(69)70)39-50(88)82(36-41-17-4-3-5-18-41)40-49(87)79(31-14-28-73-56(65)66)37-46(84)76-42(19-6-9-24-60)52(90)77-43(20-7-10-25-61)53(91)78-44(21-12-27-72-55(63)64)54(92)83-34-13-22-45(83)51(62)89/h3-5,17-18,42-45,71H,1-2,6-16,19-40,59-61H2,(H2,62,89)(H,76,84)(H,77,90)(H,78,91)(H4,63,64,72)(H4,65,66,73)(H4,67,68,74)(H4,69,70,75)/t42-,43-,44-,45+/m1/s1. The number of hydrogen-bond donors (Lipinski definition) is 16. The summed E-state index contributed by atoms with van der Waals surface area (Å²) in [6.45, 7) is -0.135. The van der Waals surface area contributed by atoms with Crippen LogP contribution < -0.4 is 90.1 Å². The number of carbonyl (C=O) groups is 9. The zero-order valence-electron chi connectivity index (χ0n) is 53.6. The first kappa shape index (κ1) is 79.5. The summed E-state index contributed by atoms with van der Waals surface area (Å²) < 4.78 is 0. The maximum absolute atomic E-state index is 14.8. The van der Waals surface area contributed by atoms with Crippen LogP contribution in [-0.2, 0) is 49.7 Å². The number of nitrogens with two attached hydrogens (primary N) is 12. The predicted molar refractivity (Wildman–Crippen MR) is 353 cm³/mol. The largest absolute Gasteiger partial charge is 0.370 e. The molecule has 9 amide bonds. The molecule has 1 aromatic rings. The summed E-state index contributed by atoms with van der Waals surface area (Å²) in [5, 5.41) is 11.4. The number of benzene rings is 1. The summed E-state index contributed by atoms with van der Waals surface area (Å²) in [4.78, 5) is 150. The molecule has 34 heteroatoms. The fourth-order valence-corrected chi connectivity index (χ4v) is 9.93. The van der Waals surface area contributed by atoms with Crippen molar-refractivity contribution < 1.29 is 43.2 Å². The van der Waals surface area contributed by atoms with Crippen LogP contribution in [0, 0.1) is 0 Å². The van der Waals surface area contributed by atoms with Crippen LogP contribution in [0.5, 0.6) is 0 Å². The Balaban J connectivity index is 2.56. The number of hydrogen-bond acceptors (Lipinski definition) is 17. The number of amides is 9. The van der Waals surface area contributed by atoms with Gasteiger partial charge in [0.2, 0.25) is 53.2 Å². The molecule has 92 heavy (non-hydrogen) atoms. The number of rotatable bonds is 49. The van der Waals surface area contributed by atoms with Gasteiger partial charge in [-0.15, -0.1) is 0 Å². The lowest BCUT2D eigenvalue weighted by atomic mass is 10.0. The van der Waals surface area contributed by atoms with Gasteiger partial charge >= 0.3 is 0 Å². The Morgan fingerprint density at radius 1 is 0.478 bits per heavy atom. The molecule has 0 spiro atoms. The summed E-state index contributed by atoms with van der Waals surface area (Å²) >= 11 is 0. The molecular formula is C58H107N25O9. The number of carbonyl (C=O) groups excluding carboxylic acids is 9. The van der Waals surface area contributed by atoms with Crippen molar-refractivity contribution in [3.8, 4) is 0 Å². The molecule has 1 aliphatic heterocycles. The van der Waals surface area contributed by atoms with E-state index in [9.17, 15) is 43.2 Å². The van der Waals surface area contributed by atoms with E-state index < -0.39 is 97.6 Å². The third kappa shape index (κ3) is 34.0. The first-order chi connectivity index (χ1) is 44.0. The van der Waals surface area contributed by atoms with Crippen LogP contribution in [-0.4, -0.2) is 237 Å². The Kier molecular flexibility index (Phi) is 40.1. The number of likely N-dealkylation sites (tertiary alicyclic amines) is 1. The minimum Gasteiger partial charge on any atom is -0.370 e. The summed E-state index contributed by atoms with van der Waals surface area (Å²) in [6.07, 6.45) is 7.21. The zero-order chi connectivity index (χ0) is 68.2. The second kappa shape index (κ2) is 46.4. The van der Waals surface area contributed by atoms with E-state index in [0.29, 0.717) is 63.6 Å². The lowest BCUT2D eigenvalue weighted by Gasteiger charge is -2.31. The highest BCUT2D eigenvalue weighted by Gasteiger charge is 2.38. The Hall–Kier alpha value is -8.63. The number of aliphatic imine (C=N–C) groups is 4. The first-order valence-corrected chi connectivity index (χ1v) is 31.7.